The van der Waals surface area contributed by atoms with E-state index >= 15 is 0 Å². The van der Waals surface area contributed by atoms with Crippen LogP contribution in [0.2, 0.25) is 0 Å². The molecule has 0 aliphatic carbocycles. The number of hydrogen-bond acceptors (Lipinski definition) is 6. The van der Waals surface area contributed by atoms with Crippen LogP contribution in [0.5, 0.6) is 5.75 Å². The Morgan fingerprint density at radius 2 is 2.04 bits per heavy atom. The van der Waals surface area contributed by atoms with Crippen molar-refractivity contribution < 1.29 is 24.4 Å². The van der Waals surface area contributed by atoms with Gasteiger partial charge in [0.2, 0.25) is 0 Å². The Kier molecular flexibility index (Phi) is 5.26. The van der Waals surface area contributed by atoms with Gasteiger partial charge in [-0.1, -0.05) is 18.2 Å². The number of ether oxygens (including phenoxy) is 1. The molecular formula is C14H12N2O6S. The first-order valence-electron chi connectivity index (χ1n) is 6.41. The minimum Gasteiger partial charge on any atom is -0.479 e. The number of nitro benzene ring substituents is 1. The van der Waals surface area contributed by atoms with Gasteiger partial charge >= 0.3 is 11.7 Å². The van der Waals surface area contributed by atoms with E-state index in [1.165, 1.54) is 35.6 Å². The Bertz CT molecular complexity index is 716. The first-order chi connectivity index (χ1) is 11.0. The summed E-state index contributed by atoms with van der Waals surface area (Å²) in [6.07, 6.45) is 0. The van der Waals surface area contributed by atoms with Crippen LogP contribution < -0.4 is 10.1 Å². The quantitative estimate of drug-likeness (QED) is 0.589. The summed E-state index contributed by atoms with van der Waals surface area (Å²) in [4.78, 5) is 33.7. The van der Waals surface area contributed by atoms with E-state index in [0.29, 0.717) is 4.88 Å². The van der Waals surface area contributed by atoms with Crippen molar-refractivity contribution >= 4 is 28.9 Å². The van der Waals surface area contributed by atoms with Crippen molar-refractivity contribution in [3.8, 4) is 5.75 Å². The third-order valence-corrected chi connectivity index (χ3v) is 3.74. The predicted octanol–water partition coefficient (Wildman–Crippen LogP) is 1.98. The second-order valence-corrected chi connectivity index (χ2v) is 5.35. The summed E-state index contributed by atoms with van der Waals surface area (Å²) in [5.41, 5.74) is -0.270. The highest BCUT2D eigenvalue weighted by atomic mass is 32.1. The van der Waals surface area contributed by atoms with E-state index in [2.05, 4.69) is 5.32 Å². The van der Waals surface area contributed by atoms with Gasteiger partial charge in [-0.15, -0.1) is 11.3 Å². The van der Waals surface area contributed by atoms with E-state index in [4.69, 9.17) is 9.84 Å². The number of para-hydroxylation sites is 2. The smallest absolute Gasteiger partial charge is 0.331 e. The van der Waals surface area contributed by atoms with Crippen molar-refractivity contribution in [3.63, 3.8) is 0 Å². The number of nitrogens with zero attached hydrogens (tertiary/aromatic N) is 1. The third-order valence-electron chi connectivity index (χ3n) is 2.80. The SMILES string of the molecule is O=C(COc1ccccc1[N+](=O)[O-])NC(C(=O)O)c1cccs1. The molecule has 0 aliphatic rings. The predicted molar refractivity (Wildman–Crippen MR) is 81.4 cm³/mol. The van der Waals surface area contributed by atoms with Crippen LogP contribution in [0, 0.1) is 10.1 Å². The number of benzene rings is 1. The molecule has 1 unspecified atom stereocenters. The van der Waals surface area contributed by atoms with Gasteiger partial charge in [0, 0.05) is 10.9 Å². The Morgan fingerprint density at radius 1 is 1.30 bits per heavy atom. The summed E-state index contributed by atoms with van der Waals surface area (Å²) in [7, 11) is 0. The van der Waals surface area contributed by atoms with E-state index in [1.54, 1.807) is 17.5 Å². The number of carboxylic acid groups (broad SMARTS) is 1. The van der Waals surface area contributed by atoms with Crippen LogP contribution in [0.4, 0.5) is 5.69 Å². The lowest BCUT2D eigenvalue weighted by molar-refractivity contribution is -0.385. The fourth-order valence-electron chi connectivity index (χ4n) is 1.79. The zero-order valence-corrected chi connectivity index (χ0v) is 12.5. The maximum Gasteiger partial charge on any atom is 0.331 e. The third kappa shape index (κ3) is 4.27. The van der Waals surface area contributed by atoms with Crippen LogP contribution in [0.3, 0.4) is 0 Å². The molecule has 0 fully saturated rings. The number of rotatable bonds is 7. The number of carbonyl (C=O) groups excluding carboxylic acids is 1. The van der Waals surface area contributed by atoms with Crippen LogP contribution >= 0.6 is 11.3 Å². The number of nitrogens with one attached hydrogen (secondary N) is 1. The fourth-order valence-corrected chi connectivity index (χ4v) is 2.55. The molecule has 1 atom stereocenters. The topological polar surface area (TPSA) is 119 Å². The van der Waals surface area contributed by atoms with Crippen molar-refractivity contribution in [2.75, 3.05) is 6.61 Å². The number of hydrogen-bond donors (Lipinski definition) is 2. The lowest BCUT2D eigenvalue weighted by atomic mass is 10.2. The summed E-state index contributed by atoms with van der Waals surface area (Å²) < 4.78 is 5.11. The van der Waals surface area contributed by atoms with Crippen LogP contribution in [-0.4, -0.2) is 28.5 Å². The first-order valence-corrected chi connectivity index (χ1v) is 7.29. The normalized spacial score (nSPS) is 11.5. The minimum absolute atomic E-state index is 0.0596. The molecule has 0 saturated carbocycles. The summed E-state index contributed by atoms with van der Waals surface area (Å²) in [6.45, 7) is -0.528. The van der Waals surface area contributed by atoms with Crippen LogP contribution in [-0.2, 0) is 9.59 Å². The zero-order chi connectivity index (χ0) is 16.8. The van der Waals surface area contributed by atoms with E-state index in [1.807, 2.05) is 0 Å². The highest BCUT2D eigenvalue weighted by Gasteiger charge is 2.23. The number of carbonyl (C=O) groups is 2. The zero-order valence-electron chi connectivity index (χ0n) is 11.7. The maximum atomic E-state index is 11.8. The van der Waals surface area contributed by atoms with Gasteiger partial charge in [-0.2, -0.15) is 0 Å². The van der Waals surface area contributed by atoms with Crippen molar-refractivity contribution in [2.24, 2.45) is 0 Å². The van der Waals surface area contributed by atoms with Crippen LogP contribution in [0.1, 0.15) is 10.9 Å². The highest BCUT2D eigenvalue weighted by Crippen LogP contribution is 2.25. The molecule has 120 valence electrons. The molecule has 23 heavy (non-hydrogen) atoms. The Balaban J connectivity index is 2.00. The van der Waals surface area contributed by atoms with Crippen LogP contribution in [0.15, 0.2) is 41.8 Å². The van der Waals surface area contributed by atoms with Gasteiger partial charge in [0.15, 0.2) is 18.4 Å². The van der Waals surface area contributed by atoms with Crippen molar-refractivity contribution in [3.05, 3.63) is 56.8 Å². The number of nitro groups is 1. The van der Waals surface area contributed by atoms with E-state index in [-0.39, 0.29) is 11.4 Å². The van der Waals surface area contributed by atoms with Crippen LogP contribution in [0.25, 0.3) is 0 Å². The molecule has 1 heterocycles. The van der Waals surface area contributed by atoms with Gasteiger partial charge in [0.05, 0.1) is 4.92 Å². The summed E-state index contributed by atoms with van der Waals surface area (Å²) in [6, 6.07) is 7.70. The molecule has 0 spiro atoms. The first kappa shape index (κ1) is 16.4. The van der Waals surface area contributed by atoms with Gasteiger partial charge in [0.25, 0.3) is 5.91 Å². The van der Waals surface area contributed by atoms with Crippen molar-refractivity contribution in [1.82, 2.24) is 5.32 Å². The Labute approximate surface area is 134 Å². The molecule has 0 radical (unpaired) electrons. The van der Waals surface area contributed by atoms with Gasteiger partial charge in [-0.3, -0.25) is 14.9 Å². The number of thiophene rings is 1. The molecular weight excluding hydrogens is 324 g/mol. The average Bonchev–Trinajstić information content (AvgIpc) is 3.04. The van der Waals surface area contributed by atoms with E-state index in [0.717, 1.165) is 0 Å². The van der Waals surface area contributed by atoms with Gasteiger partial charge in [-0.05, 0) is 17.5 Å². The molecule has 0 saturated heterocycles. The van der Waals surface area contributed by atoms with Gasteiger partial charge < -0.3 is 15.2 Å². The van der Waals surface area contributed by atoms with Gasteiger partial charge in [-0.25, -0.2) is 4.79 Å². The number of amides is 1. The maximum absolute atomic E-state index is 11.8. The average molecular weight is 336 g/mol. The van der Waals surface area contributed by atoms with Crippen molar-refractivity contribution in [2.45, 2.75) is 6.04 Å². The Morgan fingerprint density at radius 3 is 2.65 bits per heavy atom. The molecule has 1 aromatic carbocycles. The molecule has 2 rings (SSSR count). The molecule has 1 amide bonds. The minimum atomic E-state index is -1.20. The molecule has 2 N–H and O–H groups in total. The second kappa shape index (κ2) is 7.36. The standard InChI is InChI=1S/C14H12N2O6S/c17-12(15-13(14(18)19)11-6-3-7-23-11)8-22-10-5-2-1-4-9(10)16(20)21/h1-7,13H,8H2,(H,15,17)(H,18,19). The van der Waals surface area contributed by atoms with Gasteiger partial charge in [0.1, 0.15) is 0 Å². The largest absolute Gasteiger partial charge is 0.479 e. The second-order valence-electron chi connectivity index (χ2n) is 4.37. The highest BCUT2D eigenvalue weighted by molar-refractivity contribution is 7.10. The fraction of sp³-hybridized carbons (Fsp3) is 0.143. The number of carboxylic acids is 1. The lowest BCUT2D eigenvalue weighted by Crippen LogP contribution is -2.36. The molecule has 1 aromatic heterocycles. The molecule has 9 heteroatoms. The van der Waals surface area contributed by atoms with E-state index < -0.39 is 29.4 Å². The summed E-state index contributed by atoms with van der Waals surface area (Å²) >= 11 is 1.20. The summed E-state index contributed by atoms with van der Waals surface area (Å²) in [5.74, 6) is -1.95. The molecule has 0 bridgehead atoms. The molecule has 2 aromatic rings. The van der Waals surface area contributed by atoms with E-state index in [9.17, 15) is 19.7 Å². The number of aliphatic carboxylic acids is 1. The van der Waals surface area contributed by atoms with Crippen molar-refractivity contribution in [1.29, 1.82) is 0 Å². The molecule has 8 nitrogen and oxygen atoms in total. The summed E-state index contributed by atoms with van der Waals surface area (Å²) in [5, 5.41) is 24.0. The lowest BCUT2D eigenvalue weighted by Gasteiger charge is -2.13. The molecule has 0 aliphatic heterocycles. The monoisotopic (exact) mass is 336 g/mol. The Hall–Kier alpha value is -2.94.